The van der Waals surface area contributed by atoms with Crippen LogP contribution in [0.2, 0.25) is 0 Å². The van der Waals surface area contributed by atoms with Crippen LogP contribution >= 0.6 is 0 Å². The Labute approximate surface area is 112 Å². The van der Waals surface area contributed by atoms with Crippen LogP contribution in [0.5, 0.6) is 0 Å². The molecule has 0 bridgehead atoms. The van der Waals surface area contributed by atoms with Crippen molar-refractivity contribution in [2.45, 2.75) is 19.1 Å². The third kappa shape index (κ3) is 4.21. The lowest BCUT2D eigenvalue weighted by molar-refractivity contribution is 0.0326. The molecule has 5 heteroatoms. The highest BCUT2D eigenvalue weighted by atomic mass is 19.1. The van der Waals surface area contributed by atoms with E-state index in [0.29, 0.717) is 19.6 Å². The number of alkyl halides is 1. The first kappa shape index (κ1) is 13.8. The Morgan fingerprint density at radius 1 is 1.42 bits per heavy atom. The molecule has 1 aliphatic rings. The number of rotatable bonds is 3. The van der Waals surface area contributed by atoms with Gasteiger partial charge in [-0.3, -0.25) is 0 Å². The van der Waals surface area contributed by atoms with Crippen LogP contribution < -0.4 is 0 Å². The summed E-state index contributed by atoms with van der Waals surface area (Å²) in [6.45, 7) is 0.936. The highest BCUT2D eigenvalue weighted by Gasteiger charge is 2.23. The Bertz CT molecular complexity index is 399. The Hall–Kier alpha value is -1.62. The summed E-state index contributed by atoms with van der Waals surface area (Å²) in [4.78, 5) is 13.4. The van der Waals surface area contributed by atoms with Gasteiger partial charge in [0, 0.05) is 13.2 Å². The highest BCUT2D eigenvalue weighted by molar-refractivity contribution is 5.67. The van der Waals surface area contributed by atoms with Crippen molar-refractivity contribution in [3.63, 3.8) is 0 Å². The summed E-state index contributed by atoms with van der Waals surface area (Å²) >= 11 is 0. The van der Waals surface area contributed by atoms with Crippen LogP contribution in [0.25, 0.3) is 0 Å². The first-order valence-corrected chi connectivity index (χ1v) is 6.43. The molecule has 1 heterocycles. The van der Waals surface area contributed by atoms with Crippen molar-refractivity contribution in [2.75, 3.05) is 26.4 Å². The molecule has 2 rings (SSSR count). The van der Waals surface area contributed by atoms with Crippen LogP contribution in [0, 0.1) is 0 Å². The second-order valence-corrected chi connectivity index (χ2v) is 4.49. The van der Waals surface area contributed by atoms with Gasteiger partial charge in [-0.25, -0.2) is 9.18 Å². The van der Waals surface area contributed by atoms with Crippen LogP contribution in [-0.4, -0.2) is 43.5 Å². The maximum atomic E-state index is 12.6. The zero-order valence-corrected chi connectivity index (χ0v) is 10.8. The predicted molar refractivity (Wildman–Crippen MR) is 68.5 cm³/mol. The van der Waals surface area contributed by atoms with Crippen LogP contribution in [0.1, 0.15) is 12.0 Å². The summed E-state index contributed by atoms with van der Waals surface area (Å²) in [6.07, 6.45) is -0.240. The number of carbonyl (C=O) groups is 1. The first-order chi connectivity index (χ1) is 9.29. The zero-order chi connectivity index (χ0) is 13.5. The fourth-order valence-corrected chi connectivity index (χ4v) is 1.96. The molecule has 0 aromatic heterocycles. The Morgan fingerprint density at radius 3 is 2.95 bits per heavy atom. The third-order valence-electron chi connectivity index (χ3n) is 2.99. The molecule has 0 aliphatic carbocycles. The van der Waals surface area contributed by atoms with Crippen molar-refractivity contribution in [1.82, 2.24) is 4.90 Å². The van der Waals surface area contributed by atoms with E-state index in [1.54, 1.807) is 0 Å². The zero-order valence-electron chi connectivity index (χ0n) is 10.8. The standard InChI is InChI=1S/C14H18FNO3/c15-9-13-10-16(7-4-8-18-13)14(17)19-11-12-5-2-1-3-6-12/h1-3,5-6,13H,4,7-11H2. The van der Waals surface area contributed by atoms with Gasteiger partial charge in [0.2, 0.25) is 0 Å². The Kier molecular flexibility index (Phi) is 5.15. The van der Waals surface area contributed by atoms with Crippen LogP contribution in [-0.2, 0) is 16.1 Å². The van der Waals surface area contributed by atoms with Gasteiger partial charge in [-0.05, 0) is 12.0 Å². The van der Waals surface area contributed by atoms with E-state index < -0.39 is 18.9 Å². The molecule has 0 saturated carbocycles. The molecule has 0 N–H and O–H groups in total. The largest absolute Gasteiger partial charge is 0.445 e. The number of halogens is 1. The number of ether oxygens (including phenoxy) is 2. The van der Waals surface area contributed by atoms with E-state index in [2.05, 4.69) is 0 Å². The molecule has 1 atom stereocenters. The van der Waals surface area contributed by atoms with Crippen LogP contribution in [0.3, 0.4) is 0 Å². The van der Waals surface area contributed by atoms with E-state index >= 15 is 0 Å². The molecule has 1 aromatic rings. The molecule has 4 nitrogen and oxygen atoms in total. The van der Waals surface area contributed by atoms with Gasteiger partial charge in [0.05, 0.1) is 6.54 Å². The topological polar surface area (TPSA) is 38.8 Å². The molecule has 1 saturated heterocycles. The minimum absolute atomic E-state index is 0.233. The van der Waals surface area contributed by atoms with Crippen LogP contribution in [0.15, 0.2) is 30.3 Å². The van der Waals surface area contributed by atoms with Gasteiger partial charge in [0.25, 0.3) is 0 Å². The van der Waals surface area contributed by atoms with Crippen molar-refractivity contribution in [1.29, 1.82) is 0 Å². The SMILES string of the molecule is O=C(OCc1ccccc1)N1CCCOC(CF)C1. The normalized spacial score (nSPS) is 19.8. The first-order valence-electron chi connectivity index (χ1n) is 6.43. The van der Waals surface area contributed by atoms with Gasteiger partial charge in [0.1, 0.15) is 19.4 Å². The Balaban J connectivity index is 1.84. The maximum Gasteiger partial charge on any atom is 0.410 e. The van der Waals surface area contributed by atoms with Crippen molar-refractivity contribution >= 4 is 6.09 Å². The van der Waals surface area contributed by atoms with E-state index in [4.69, 9.17) is 9.47 Å². The fraction of sp³-hybridized carbons (Fsp3) is 0.500. The molecule has 0 radical (unpaired) electrons. The molecule has 1 aliphatic heterocycles. The quantitative estimate of drug-likeness (QED) is 0.844. The summed E-state index contributed by atoms with van der Waals surface area (Å²) in [5, 5.41) is 0. The van der Waals surface area contributed by atoms with Gasteiger partial charge < -0.3 is 14.4 Å². The van der Waals surface area contributed by atoms with Gasteiger partial charge in [-0.15, -0.1) is 0 Å². The maximum absolute atomic E-state index is 12.6. The highest BCUT2D eigenvalue weighted by Crippen LogP contribution is 2.09. The summed E-state index contributed by atoms with van der Waals surface area (Å²) in [5.74, 6) is 0. The number of carbonyl (C=O) groups excluding carboxylic acids is 1. The average molecular weight is 267 g/mol. The van der Waals surface area contributed by atoms with Gasteiger partial charge in [-0.1, -0.05) is 30.3 Å². The fourth-order valence-electron chi connectivity index (χ4n) is 1.96. The second-order valence-electron chi connectivity index (χ2n) is 4.49. The smallest absolute Gasteiger partial charge is 0.410 e. The minimum atomic E-state index is -0.581. The van der Waals surface area contributed by atoms with E-state index in [-0.39, 0.29) is 13.2 Å². The predicted octanol–water partition coefficient (Wildman–Crippen LogP) is 2.38. The van der Waals surface area contributed by atoms with E-state index in [9.17, 15) is 9.18 Å². The van der Waals surface area contributed by atoms with E-state index in [1.807, 2.05) is 30.3 Å². The molecule has 1 unspecified atom stereocenters. The summed E-state index contributed by atoms with van der Waals surface area (Å²) in [7, 11) is 0. The van der Waals surface area contributed by atoms with Gasteiger partial charge in [-0.2, -0.15) is 0 Å². The molecule has 0 spiro atoms. The molecule has 1 aromatic carbocycles. The third-order valence-corrected chi connectivity index (χ3v) is 2.99. The lowest BCUT2D eigenvalue weighted by Crippen LogP contribution is -2.37. The van der Waals surface area contributed by atoms with Crippen molar-refractivity contribution < 1.29 is 18.7 Å². The molecule has 19 heavy (non-hydrogen) atoms. The summed E-state index contributed by atoms with van der Waals surface area (Å²) in [6, 6.07) is 9.47. The van der Waals surface area contributed by atoms with Crippen molar-refractivity contribution in [2.24, 2.45) is 0 Å². The molecule has 1 fully saturated rings. The van der Waals surface area contributed by atoms with E-state index in [1.165, 1.54) is 4.90 Å². The summed E-state index contributed by atoms with van der Waals surface area (Å²) in [5.41, 5.74) is 0.934. The van der Waals surface area contributed by atoms with Crippen LogP contribution in [0.4, 0.5) is 9.18 Å². The molecular formula is C14H18FNO3. The van der Waals surface area contributed by atoms with Crippen molar-refractivity contribution in [3.8, 4) is 0 Å². The minimum Gasteiger partial charge on any atom is -0.445 e. The number of nitrogens with zero attached hydrogens (tertiary/aromatic N) is 1. The lowest BCUT2D eigenvalue weighted by Gasteiger charge is -2.21. The second kappa shape index (κ2) is 7.09. The molecule has 1 amide bonds. The number of amides is 1. The summed E-state index contributed by atoms with van der Waals surface area (Å²) < 4.78 is 23.1. The number of hydrogen-bond donors (Lipinski definition) is 0. The Morgan fingerprint density at radius 2 is 2.21 bits per heavy atom. The lowest BCUT2D eigenvalue weighted by atomic mass is 10.2. The average Bonchev–Trinajstić information content (AvgIpc) is 2.71. The molecular weight excluding hydrogens is 249 g/mol. The van der Waals surface area contributed by atoms with Gasteiger partial charge in [0.15, 0.2) is 0 Å². The molecule has 104 valence electrons. The van der Waals surface area contributed by atoms with E-state index in [0.717, 1.165) is 5.56 Å². The number of benzene rings is 1. The monoisotopic (exact) mass is 267 g/mol. The van der Waals surface area contributed by atoms with Crippen molar-refractivity contribution in [3.05, 3.63) is 35.9 Å². The van der Waals surface area contributed by atoms with Gasteiger partial charge >= 0.3 is 6.09 Å². The number of hydrogen-bond acceptors (Lipinski definition) is 3.